The average molecular weight is 278 g/mol. The largest absolute Gasteiger partial charge is 0.467 e. The number of rotatable bonds is 3. The SMILES string of the molecule is NNC(=O)c1ccoc1CN1CCCC2C(=O)NCC21. The van der Waals surface area contributed by atoms with E-state index < -0.39 is 0 Å². The molecule has 108 valence electrons. The van der Waals surface area contributed by atoms with Gasteiger partial charge in [0.15, 0.2) is 0 Å². The van der Waals surface area contributed by atoms with Gasteiger partial charge in [0.2, 0.25) is 5.91 Å². The van der Waals surface area contributed by atoms with Crippen LogP contribution in [0.5, 0.6) is 0 Å². The molecule has 4 N–H and O–H groups in total. The van der Waals surface area contributed by atoms with Gasteiger partial charge in [-0.05, 0) is 25.5 Å². The maximum atomic E-state index is 11.7. The van der Waals surface area contributed by atoms with Crippen molar-refractivity contribution in [2.75, 3.05) is 13.1 Å². The van der Waals surface area contributed by atoms with Gasteiger partial charge in [0, 0.05) is 12.6 Å². The normalized spacial score (nSPS) is 26.1. The van der Waals surface area contributed by atoms with E-state index in [2.05, 4.69) is 15.6 Å². The van der Waals surface area contributed by atoms with E-state index in [4.69, 9.17) is 10.3 Å². The standard InChI is InChI=1S/C13H18N4O3/c14-16-13(19)9-3-5-20-11(9)7-17-4-1-2-8-10(17)6-15-12(8)18/h3,5,8,10H,1-2,4,6-7,14H2,(H,15,18)(H,16,19). The lowest BCUT2D eigenvalue weighted by atomic mass is 9.91. The lowest BCUT2D eigenvalue weighted by molar-refractivity contribution is -0.124. The molecule has 0 saturated carbocycles. The van der Waals surface area contributed by atoms with Gasteiger partial charge >= 0.3 is 0 Å². The van der Waals surface area contributed by atoms with Crippen LogP contribution in [-0.4, -0.2) is 35.8 Å². The highest BCUT2D eigenvalue weighted by molar-refractivity contribution is 5.94. The minimum absolute atomic E-state index is 0.0606. The van der Waals surface area contributed by atoms with Crippen LogP contribution in [0.25, 0.3) is 0 Å². The molecular weight excluding hydrogens is 260 g/mol. The number of carbonyl (C=O) groups is 2. The molecule has 2 saturated heterocycles. The molecule has 7 heteroatoms. The van der Waals surface area contributed by atoms with Gasteiger partial charge in [0.05, 0.1) is 24.3 Å². The highest BCUT2D eigenvalue weighted by Gasteiger charge is 2.41. The van der Waals surface area contributed by atoms with Crippen molar-refractivity contribution in [3.8, 4) is 0 Å². The molecule has 0 aromatic carbocycles. The quantitative estimate of drug-likeness (QED) is 0.396. The molecule has 1 aromatic rings. The summed E-state index contributed by atoms with van der Waals surface area (Å²) in [5.41, 5.74) is 2.57. The number of furan rings is 1. The number of likely N-dealkylation sites (tertiary alicyclic amines) is 1. The van der Waals surface area contributed by atoms with E-state index in [1.807, 2.05) is 0 Å². The molecule has 7 nitrogen and oxygen atoms in total. The zero-order valence-electron chi connectivity index (χ0n) is 11.1. The monoisotopic (exact) mass is 278 g/mol. The van der Waals surface area contributed by atoms with Crippen LogP contribution in [-0.2, 0) is 11.3 Å². The number of nitrogens with one attached hydrogen (secondary N) is 2. The minimum atomic E-state index is -0.358. The first-order valence-electron chi connectivity index (χ1n) is 6.80. The van der Waals surface area contributed by atoms with Crippen molar-refractivity contribution in [3.63, 3.8) is 0 Å². The third kappa shape index (κ3) is 2.19. The summed E-state index contributed by atoms with van der Waals surface area (Å²) in [5.74, 6) is 5.59. The van der Waals surface area contributed by atoms with Gasteiger partial charge in [-0.15, -0.1) is 0 Å². The van der Waals surface area contributed by atoms with Gasteiger partial charge in [0.25, 0.3) is 5.91 Å². The fourth-order valence-corrected chi connectivity index (χ4v) is 3.16. The number of carbonyl (C=O) groups excluding carboxylic acids is 2. The number of hydrazine groups is 1. The van der Waals surface area contributed by atoms with Crippen molar-refractivity contribution in [3.05, 3.63) is 23.7 Å². The lowest BCUT2D eigenvalue weighted by Gasteiger charge is -2.35. The molecule has 2 amide bonds. The van der Waals surface area contributed by atoms with Crippen LogP contribution in [0, 0.1) is 5.92 Å². The maximum Gasteiger partial charge on any atom is 0.268 e. The first kappa shape index (κ1) is 13.1. The number of fused-ring (bicyclic) bond motifs is 1. The van der Waals surface area contributed by atoms with Crippen LogP contribution < -0.4 is 16.6 Å². The summed E-state index contributed by atoms with van der Waals surface area (Å²) in [4.78, 5) is 25.6. The second kappa shape index (κ2) is 5.26. The molecule has 1 aromatic heterocycles. The van der Waals surface area contributed by atoms with Crippen molar-refractivity contribution < 1.29 is 14.0 Å². The summed E-state index contributed by atoms with van der Waals surface area (Å²) < 4.78 is 5.40. The topological polar surface area (TPSA) is 101 Å². The molecule has 2 fully saturated rings. The predicted octanol–water partition coefficient (Wildman–Crippen LogP) is -0.407. The van der Waals surface area contributed by atoms with Crippen molar-refractivity contribution in [2.45, 2.75) is 25.4 Å². The minimum Gasteiger partial charge on any atom is -0.467 e. The summed E-state index contributed by atoms with van der Waals surface area (Å²) >= 11 is 0. The molecule has 2 atom stereocenters. The van der Waals surface area contributed by atoms with Crippen LogP contribution in [0.1, 0.15) is 29.0 Å². The Morgan fingerprint density at radius 2 is 2.45 bits per heavy atom. The molecule has 2 unspecified atom stereocenters. The van der Waals surface area contributed by atoms with E-state index >= 15 is 0 Å². The lowest BCUT2D eigenvalue weighted by Crippen LogP contribution is -2.45. The molecule has 20 heavy (non-hydrogen) atoms. The Labute approximate surface area is 116 Å². The van der Waals surface area contributed by atoms with E-state index in [1.54, 1.807) is 6.07 Å². The van der Waals surface area contributed by atoms with E-state index in [9.17, 15) is 9.59 Å². The second-order valence-electron chi connectivity index (χ2n) is 5.26. The molecule has 3 heterocycles. The van der Waals surface area contributed by atoms with Crippen LogP contribution in [0.4, 0.5) is 0 Å². The molecule has 2 aliphatic heterocycles. The highest BCUT2D eigenvalue weighted by Crippen LogP contribution is 2.29. The van der Waals surface area contributed by atoms with E-state index in [-0.39, 0.29) is 23.8 Å². The molecule has 0 bridgehead atoms. The van der Waals surface area contributed by atoms with E-state index in [0.717, 1.165) is 19.4 Å². The molecule has 3 rings (SSSR count). The zero-order valence-corrected chi connectivity index (χ0v) is 11.1. The van der Waals surface area contributed by atoms with Gasteiger partial charge in [-0.3, -0.25) is 19.9 Å². The number of piperidine rings is 1. The number of hydrogen-bond acceptors (Lipinski definition) is 5. The number of nitrogens with zero attached hydrogens (tertiary/aromatic N) is 1. The van der Waals surface area contributed by atoms with Crippen LogP contribution >= 0.6 is 0 Å². The van der Waals surface area contributed by atoms with Crippen LogP contribution in [0.2, 0.25) is 0 Å². The van der Waals surface area contributed by atoms with Crippen molar-refractivity contribution in [2.24, 2.45) is 11.8 Å². The van der Waals surface area contributed by atoms with Gasteiger partial charge in [0.1, 0.15) is 5.76 Å². The van der Waals surface area contributed by atoms with Gasteiger partial charge in [-0.1, -0.05) is 0 Å². The molecule has 0 radical (unpaired) electrons. The second-order valence-corrected chi connectivity index (χ2v) is 5.26. The summed E-state index contributed by atoms with van der Waals surface area (Å²) in [5, 5.41) is 2.91. The molecule has 2 aliphatic rings. The van der Waals surface area contributed by atoms with Gasteiger partial charge < -0.3 is 9.73 Å². The van der Waals surface area contributed by atoms with Crippen molar-refractivity contribution in [1.82, 2.24) is 15.6 Å². The predicted molar refractivity (Wildman–Crippen MR) is 70.3 cm³/mol. The Hall–Kier alpha value is -1.86. The van der Waals surface area contributed by atoms with Crippen molar-refractivity contribution in [1.29, 1.82) is 0 Å². The number of hydrogen-bond donors (Lipinski definition) is 3. The highest BCUT2D eigenvalue weighted by atomic mass is 16.3. The van der Waals surface area contributed by atoms with E-state index in [1.165, 1.54) is 6.26 Å². The van der Waals surface area contributed by atoms with Crippen LogP contribution in [0.15, 0.2) is 16.7 Å². The van der Waals surface area contributed by atoms with Crippen LogP contribution in [0.3, 0.4) is 0 Å². The Balaban J connectivity index is 1.76. The third-order valence-electron chi connectivity index (χ3n) is 4.18. The molecule has 0 spiro atoms. The Morgan fingerprint density at radius 1 is 1.60 bits per heavy atom. The van der Waals surface area contributed by atoms with Gasteiger partial charge in [-0.25, -0.2) is 5.84 Å². The van der Waals surface area contributed by atoms with E-state index in [0.29, 0.717) is 24.4 Å². The first-order chi connectivity index (χ1) is 9.70. The fraction of sp³-hybridized carbons (Fsp3) is 0.538. The Morgan fingerprint density at radius 3 is 3.25 bits per heavy atom. The van der Waals surface area contributed by atoms with Gasteiger partial charge in [-0.2, -0.15) is 0 Å². The fourth-order valence-electron chi connectivity index (χ4n) is 3.16. The van der Waals surface area contributed by atoms with Crippen molar-refractivity contribution >= 4 is 11.8 Å². The summed E-state index contributed by atoms with van der Waals surface area (Å²) in [6, 6.07) is 1.80. The Bertz CT molecular complexity index is 527. The molecular formula is C13H18N4O3. The summed E-state index contributed by atoms with van der Waals surface area (Å²) in [7, 11) is 0. The maximum absolute atomic E-state index is 11.7. The Kier molecular flexibility index (Phi) is 3.45. The average Bonchev–Trinajstić information content (AvgIpc) is 3.06. The summed E-state index contributed by atoms with van der Waals surface area (Å²) in [6.45, 7) is 2.09. The summed E-state index contributed by atoms with van der Waals surface area (Å²) in [6.07, 6.45) is 3.40. The molecule has 0 aliphatic carbocycles. The smallest absolute Gasteiger partial charge is 0.268 e. The zero-order chi connectivity index (χ0) is 14.1. The first-order valence-corrected chi connectivity index (χ1v) is 6.80. The number of nitrogen functional groups attached to an aromatic ring is 1. The number of nitrogens with two attached hydrogens (primary N) is 1. The number of amides is 2. The third-order valence-corrected chi connectivity index (χ3v) is 4.18.